The first-order chi connectivity index (χ1) is 14.1. The van der Waals surface area contributed by atoms with Crippen molar-refractivity contribution in [1.29, 1.82) is 0 Å². The highest BCUT2D eigenvalue weighted by molar-refractivity contribution is 7.89. The van der Waals surface area contributed by atoms with Crippen LogP contribution in [-0.4, -0.2) is 37.9 Å². The molecule has 0 bridgehead atoms. The lowest BCUT2D eigenvalue weighted by atomic mass is 10.1. The number of benzene rings is 3. The Hall–Kier alpha value is -3.03. The highest BCUT2D eigenvalue weighted by Gasteiger charge is 2.27. The van der Waals surface area contributed by atoms with Crippen molar-refractivity contribution in [2.75, 3.05) is 13.1 Å². The number of rotatable bonds is 5. The largest absolute Gasteiger partial charge is 0.271 e. The van der Waals surface area contributed by atoms with E-state index >= 15 is 0 Å². The second kappa shape index (κ2) is 8.14. The maximum Gasteiger partial charge on any atom is 0.271 e. The van der Waals surface area contributed by atoms with Gasteiger partial charge < -0.3 is 0 Å². The van der Waals surface area contributed by atoms with Crippen molar-refractivity contribution in [2.24, 2.45) is 5.10 Å². The van der Waals surface area contributed by atoms with Gasteiger partial charge in [0.15, 0.2) is 0 Å². The third-order valence-electron chi connectivity index (χ3n) is 4.99. The predicted octanol–water partition coefficient (Wildman–Crippen LogP) is 3.39. The first-order valence-corrected chi connectivity index (χ1v) is 10.9. The Labute approximate surface area is 169 Å². The van der Waals surface area contributed by atoms with Crippen LogP contribution in [-0.2, 0) is 10.0 Å². The zero-order valence-electron chi connectivity index (χ0n) is 15.8. The van der Waals surface area contributed by atoms with Gasteiger partial charge in [-0.2, -0.15) is 9.41 Å². The molecule has 7 heteroatoms. The van der Waals surface area contributed by atoms with Crippen LogP contribution in [0.1, 0.15) is 28.8 Å². The monoisotopic (exact) mass is 407 g/mol. The summed E-state index contributed by atoms with van der Waals surface area (Å²) in [5.74, 6) is -0.458. The van der Waals surface area contributed by atoms with Gasteiger partial charge in [-0.1, -0.05) is 48.5 Å². The number of carbonyl (C=O) groups excluding carboxylic acids is 1. The maximum absolute atomic E-state index is 12.7. The quantitative estimate of drug-likeness (QED) is 0.520. The van der Waals surface area contributed by atoms with E-state index < -0.39 is 15.9 Å². The van der Waals surface area contributed by atoms with E-state index in [1.165, 1.54) is 16.4 Å². The molecule has 0 radical (unpaired) electrons. The molecule has 3 aromatic rings. The number of fused-ring (bicyclic) bond motifs is 1. The Balaban J connectivity index is 1.51. The van der Waals surface area contributed by atoms with E-state index in [-0.39, 0.29) is 10.5 Å². The standard InChI is InChI=1S/C22H21N3O3S/c26-22(24-23-16-19-10-5-8-17-7-1-2-12-21(17)19)18-9-6-11-20(15-18)29(27,28)25-13-3-4-14-25/h1-2,5-12,15-16H,3-4,13-14H2,(H,24,26). The first kappa shape index (κ1) is 19.3. The van der Waals surface area contributed by atoms with Crippen LogP contribution in [0.2, 0.25) is 0 Å². The van der Waals surface area contributed by atoms with Crippen molar-refractivity contribution >= 4 is 32.9 Å². The lowest BCUT2D eigenvalue weighted by Gasteiger charge is -2.15. The Kier molecular flexibility index (Phi) is 5.42. The summed E-state index contributed by atoms with van der Waals surface area (Å²) < 4.78 is 26.9. The summed E-state index contributed by atoms with van der Waals surface area (Å²) in [4.78, 5) is 12.6. The van der Waals surface area contributed by atoms with Gasteiger partial charge in [0.25, 0.3) is 5.91 Å². The summed E-state index contributed by atoms with van der Waals surface area (Å²) in [5, 5.41) is 6.17. The highest BCUT2D eigenvalue weighted by Crippen LogP contribution is 2.21. The van der Waals surface area contributed by atoms with Crippen LogP contribution in [0.15, 0.2) is 76.7 Å². The van der Waals surface area contributed by atoms with Gasteiger partial charge in [-0.15, -0.1) is 0 Å². The minimum atomic E-state index is -3.57. The number of amides is 1. The van der Waals surface area contributed by atoms with E-state index in [1.54, 1.807) is 18.3 Å². The Morgan fingerprint density at radius 1 is 0.966 bits per heavy atom. The number of hydrogen-bond donors (Lipinski definition) is 1. The third-order valence-corrected chi connectivity index (χ3v) is 6.89. The molecule has 3 aromatic carbocycles. The molecule has 6 nitrogen and oxygen atoms in total. The number of carbonyl (C=O) groups is 1. The molecule has 0 aromatic heterocycles. The minimum Gasteiger partial charge on any atom is -0.267 e. The van der Waals surface area contributed by atoms with Crippen molar-refractivity contribution in [2.45, 2.75) is 17.7 Å². The summed E-state index contributed by atoms with van der Waals surface area (Å²) in [6, 6.07) is 19.8. The molecule has 148 valence electrons. The van der Waals surface area contributed by atoms with Crippen LogP contribution in [0.4, 0.5) is 0 Å². The van der Waals surface area contributed by atoms with E-state index in [4.69, 9.17) is 0 Å². The number of nitrogens with one attached hydrogen (secondary N) is 1. The summed E-state index contributed by atoms with van der Waals surface area (Å²) in [6.07, 6.45) is 3.32. The second-order valence-electron chi connectivity index (χ2n) is 6.91. The van der Waals surface area contributed by atoms with Crippen molar-refractivity contribution in [3.8, 4) is 0 Å². The fourth-order valence-electron chi connectivity index (χ4n) is 3.46. The molecule has 1 saturated heterocycles. The van der Waals surface area contributed by atoms with E-state index in [2.05, 4.69) is 10.5 Å². The Morgan fingerprint density at radius 3 is 2.52 bits per heavy atom. The van der Waals surface area contributed by atoms with Gasteiger partial charge in [0.1, 0.15) is 0 Å². The maximum atomic E-state index is 12.7. The summed E-state index contributed by atoms with van der Waals surface area (Å²) in [6.45, 7) is 1.04. The number of sulfonamides is 1. The molecule has 0 unspecified atom stereocenters. The molecule has 1 fully saturated rings. The Bertz CT molecular complexity index is 1180. The SMILES string of the molecule is O=C(NN=Cc1cccc2ccccc12)c1cccc(S(=O)(=O)N2CCCC2)c1. The van der Waals surface area contributed by atoms with E-state index in [0.717, 1.165) is 29.2 Å². The van der Waals surface area contributed by atoms with Gasteiger partial charge in [-0.3, -0.25) is 4.79 Å². The van der Waals surface area contributed by atoms with Crippen LogP contribution in [0, 0.1) is 0 Å². The van der Waals surface area contributed by atoms with Gasteiger partial charge >= 0.3 is 0 Å². The average molecular weight is 407 g/mol. The molecule has 4 rings (SSSR count). The molecule has 0 atom stereocenters. The van der Waals surface area contributed by atoms with Crippen molar-refractivity contribution in [1.82, 2.24) is 9.73 Å². The zero-order valence-corrected chi connectivity index (χ0v) is 16.6. The van der Waals surface area contributed by atoms with Crippen LogP contribution in [0.3, 0.4) is 0 Å². The molecule has 0 saturated carbocycles. The van der Waals surface area contributed by atoms with Gasteiger partial charge in [-0.05, 0) is 41.8 Å². The molecular weight excluding hydrogens is 386 g/mol. The number of hydrogen-bond acceptors (Lipinski definition) is 4. The second-order valence-corrected chi connectivity index (χ2v) is 8.84. The number of hydrazone groups is 1. The topological polar surface area (TPSA) is 78.8 Å². The average Bonchev–Trinajstić information content (AvgIpc) is 3.30. The van der Waals surface area contributed by atoms with Gasteiger partial charge in [-0.25, -0.2) is 13.8 Å². The predicted molar refractivity (Wildman–Crippen MR) is 113 cm³/mol. The summed E-state index contributed by atoms with van der Waals surface area (Å²) in [7, 11) is -3.57. The van der Waals surface area contributed by atoms with Crippen LogP contribution >= 0.6 is 0 Å². The van der Waals surface area contributed by atoms with E-state index in [1.807, 2.05) is 42.5 Å². The zero-order chi connectivity index (χ0) is 20.3. The fraction of sp³-hybridized carbons (Fsp3) is 0.182. The molecule has 1 heterocycles. The van der Waals surface area contributed by atoms with E-state index in [9.17, 15) is 13.2 Å². The molecule has 1 amide bonds. The lowest BCUT2D eigenvalue weighted by molar-refractivity contribution is 0.0955. The smallest absolute Gasteiger partial charge is 0.267 e. The first-order valence-electron chi connectivity index (χ1n) is 9.47. The lowest BCUT2D eigenvalue weighted by Crippen LogP contribution is -2.28. The normalized spacial score (nSPS) is 15.2. The molecule has 0 spiro atoms. The third kappa shape index (κ3) is 4.06. The van der Waals surface area contributed by atoms with Gasteiger partial charge in [0, 0.05) is 24.2 Å². The fourth-order valence-corrected chi connectivity index (χ4v) is 5.03. The molecule has 1 aliphatic rings. The highest BCUT2D eigenvalue weighted by atomic mass is 32.2. The van der Waals surface area contributed by atoms with Gasteiger partial charge in [0.2, 0.25) is 10.0 Å². The molecule has 1 aliphatic heterocycles. The van der Waals surface area contributed by atoms with E-state index in [0.29, 0.717) is 13.1 Å². The van der Waals surface area contributed by atoms with Crippen LogP contribution < -0.4 is 5.43 Å². The minimum absolute atomic E-state index is 0.130. The Morgan fingerprint density at radius 2 is 1.69 bits per heavy atom. The molecule has 0 aliphatic carbocycles. The van der Waals surface area contributed by atoms with Crippen molar-refractivity contribution < 1.29 is 13.2 Å². The van der Waals surface area contributed by atoms with Crippen molar-refractivity contribution in [3.05, 3.63) is 77.9 Å². The van der Waals surface area contributed by atoms with Crippen LogP contribution in [0.25, 0.3) is 10.8 Å². The molecule has 29 heavy (non-hydrogen) atoms. The van der Waals surface area contributed by atoms with Crippen molar-refractivity contribution in [3.63, 3.8) is 0 Å². The summed E-state index contributed by atoms with van der Waals surface area (Å²) >= 11 is 0. The van der Waals surface area contributed by atoms with Gasteiger partial charge in [0.05, 0.1) is 11.1 Å². The molecule has 1 N–H and O–H groups in total. The summed E-state index contributed by atoms with van der Waals surface area (Å²) in [5.41, 5.74) is 3.62. The number of nitrogens with zero attached hydrogens (tertiary/aromatic N) is 2. The van der Waals surface area contributed by atoms with Crippen LogP contribution in [0.5, 0.6) is 0 Å². The molecular formula is C22H21N3O3S.